The molecule has 0 aliphatic carbocycles. The summed E-state index contributed by atoms with van der Waals surface area (Å²) in [6.45, 7) is 0.762. The number of carbonyl (C=O) groups is 3. The Hall–Kier alpha value is -5.26. The second-order valence-corrected chi connectivity index (χ2v) is 11.7. The molecule has 5 rings (SSSR count). The number of carbonyl (C=O) groups excluding carboxylic acids is 3. The summed E-state index contributed by atoms with van der Waals surface area (Å²) in [5, 5.41) is 11.7. The molecule has 1 heterocycles. The van der Waals surface area contributed by atoms with Crippen molar-refractivity contribution in [3.63, 3.8) is 0 Å². The summed E-state index contributed by atoms with van der Waals surface area (Å²) >= 11 is 0. The minimum Gasteiger partial charge on any atom is -0.453 e. The number of halogens is 1. The molecule has 3 amide bonds. The zero-order valence-electron chi connectivity index (χ0n) is 27.4. The third-order valence-corrected chi connectivity index (χ3v) is 8.52. The molecule has 0 bridgehead atoms. The number of rotatable bonds is 12. The number of methoxy groups -OCH3 is 1. The number of ether oxygens (including phenoxy) is 3. The first kappa shape index (κ1) is 35.1. The molecule has 4 atom stereocenters. The largest absolute Gasteiger partial charge is 0.453 e. The van der Waals surface area contributed by atoms with Crippen molar-refractivity contribution in [1.29, 1.82) is 0 Å². The zero-order valence-corrected chi connectivity index (χ0v) is 27.4. The Labute approximate surface area is 285 Å². The zero-order chi connectivity index (χ0) is 34.6. The number of nitrogens with one attached hydrogen (secondary N) is 4. The van der Waals surface area contributed by atoms with E-state index in [2.05, 4.69) is 21.3 Å². The van der Waals surface area contributed by atoms with E-state index in [1.165, 1.54) is 26.3 Å². The van der Waals surface area contributed by atoms with Crippen LogP contribution in [0.2, 0.25) is 0 Å². The third-order valence-electron chi connectivity index (χ3n) is 8.52. The highest BCUT2D eigenvalue weighted by Gasteiger charge is 2.34. The number of aryl methyl sites for hydroxylation is 1. The molecule has 1 fully saturated rings. The molecule has 1 aliphatic rings. The predicted molar refractivity (Wildman–Crippen MR) is 184 cm³/mol. The Morgan fingerprint density at radius 3 is 2.08 bits per heavy atom. The Bertz CT molecular complexity index is 1630. The van der Waals surface area contributed by atoms with E-state index in [0.29, 0.717) is 30.6 Å². The van der Waals surface area contributed by atoms with E-state index in [1.54, 1.807) is 12.1 Å². The molecule has 256 valence electrons. The fourth-order valence-electron chi connectivity index (χ4n) is 6.00. The van der Waals surface area contributed by atoms with Gasteiger partial charge in [-0.2, -0.15) is 0 Å². The fraction of sp³-hybridized carbons (Fsp3) is 0.289. The molecule has 10 nitrogen and oxygen atoms in total. The molecule has 0 aromatic heterocycles. The maximum absolute atomic E-state index is 14.1. The van der Waals surface area contributed by atoms with Gasteiger partial charge in [0.1, 0.15) is 18.0 Å². The van der Waals surface area contributed by atoms with Crippen molar-refractivity contribution in [2.45, 2.75) is 43.1 Å². The number of benzene rings is 4. The van der Waals surface area contributed by atoms with Gasteiger partial charge >= 0.3 is 12.2 Å². The van der Waals surface area contributed by atoms with Crippen LogP contribution in [0.4, 0.5) is 19.7 Å². The lowest BCUT2D eigenvalue weighted by Crippen LogP contribution is -2.50. The summed E-state index contributed by atoms with van der Waals surface area (Å²) in [6, 6.07) is 31.2. The first-order valence-corrected chi connectivity index (χ1v) is 16.2. The smallest absolute Gasteiger partial charge is 0.407 e. The average molecular weight is 669 g/mol. The van der Waals surface area contributed by atoms with Gasteiger partial charge in [-0.25, -0.2) is 14.0 Å². The summed E-state index contributed by atoms with van der Waals surface area (Å²) in [5.74, 6) is -1.26. The van der Waals surface area contributed by atoms with Gasteiger partial charge in [-0.1, -0.05) is 91.0 Å². The van der Waals surface area contributed by atoms with Crippen LogP contribution >= 0.6 is 0 Å². The number of hydrogen-bond donors (Lipinski definition) is 4. The SMILES string of the molecule is CNC(=O)OC(c1ccc(F)cc1)[C@@H]1CO[C@H](CCc2ccccc2NC(=O)[C@@H](NC(=O)OC)C(c2ccccc2)c2ccccc2)CN1. The highest BCUT2D eigenvalue weighted by Crippen LogP contribution is 2.30. The molecule has 1 unspecified atom stereocenters. The lowest BCUT2D eigenvalue weighted by molar-refractivity contribution is -0.118. The molecule has 1 aliphatic heterocycles. The van der Waals surface area contributed by atoms with Gasteiger partial charge in [-0.15, -0.1) is 0 Å². The lowest BCUT2D eigenvalue weighted by atomic mass is 9.84. The first-order chi connectivity index (χ1) is 23.9. The number of hydrogen-bond acceptors (Lipinski definition) is 7. The van der Waals surface area contributed by atoms with Gasteiger partial charge in [0.25, 0.3) is 0 Å². The van der Waals surface area contributed by atoms with E-state index in [0.717, 1.165) is 16.7 Å². The maximum atomic E-state index is 14.1. The van der Waals surface area contributed by atoms with Crippen molar-refractivity contribution >= 4 is 23.8 Å². The van der Waals surface area contributed by atoms with Crippen molar-refractivity contribution in [1.82, 2.24) is 16.0 Å². The van der Waals surface area contributed by atoms with Crippen LogP contribution in [0.25, 0.3) is 0 Å². The normalized spacial score (nSPS) is 17.0. The van der Waals surface area contributed by atoms with Gasteiger partial charge < -0.3 is 35.5 Å². The number of alkyl carbamates (subject to hydrolysis) is 2. The van der Waals surface area contributed by atoms with Gasteiger partial charge in [0, 0.05) is 25.2 Å². The Balaban J connectivity index is 1.27. The molecule has 4 aromatic rings. The molecule has 49 heavy (non-hydrogen) atoms. The lowest BCUT2D eigenvalue weighted by Gasteiger charge is -2.35. The summed E-state index contributed by atoms with van der Waals surface area (Å²) in [6.07, 6.45) is -0.903. The van der Waals surface area contributed by atoms with Crippen LogP contribution in [0.5, 0.6) is 0 Å². The van der Waals surface area contributed by atoms with Crippen molar-refractivity contribution < 1.29 is 33.0 Å². The van der Waals surface area contributed by atoms with Crippen molar-refractivity contribution in [3.05, 3.63) is 137 Å². The number of morpholine rings is 1. The van der Waals surface area contributed by atoms with Crippen LogP contribution in [0.3, 0.4) is 0 Å². The predicted octanol–water partition coefficient (Wildman–Crippen LogP) is 5.71. The second kappa shape index (κ2) is 17.2. The molecule has 0 radical (unpaired) electrons. The van der Waals surface area contributed by atoms with Crippen LogP contribution < -0.4 is 21.3 Å². The number of amides is 3. The van der Waals surface area contributed by atoms with Crippen molar-refractivity contribution in [3.8, 4) is 0 Å². The molecular formula is C38H41FN4O6. The van der Waals surface area contributed by atoms with Crippen LogP contribution in [0.15, 0.2) is 109 Å². The van der Waals surface area contributed by atoms with Gasteiger partial charge in [-0.3, -0.25) is 4.79 Å². The second-order valence-electron chi connectivity index (χ2n) is 11.7. The maximum Gasteiger partial charge on any atom is 0.407 e. The highest BCUT2D eigenvalue weighted by molar-refractivity contribution is 5.98. The van der Waals surface area contributed by atoms with E-state index in [-0.39, 0.29) is 24.6 Å². The summed E-state index contributed by atoms with van der Waals surface area (Å²) < 4.78 is 30.3. The third kappa shape index (κ3) is 9.43. The van der Waals surface area contributed by atoms with Gasteiger partial charge in [0.15, 0.2) is 0 Å². The quantitative estimate of drug-likeness (QED) is 0.152. The molecular weight excluding hydrogens is 627 g/mol. The van der Waals surface area contributed by atoms with Crippen molar-refractivity contribution in [2.75, 3.05) is 32.6 Å². The summed E-state index contributed by atoms with van der Waals surface area (Å²) in [4.78, 5) is 38.7. The first-order valence-electron chi connectivity index (χ1n) is 16.2. The Morgan fingerprint density at radius 1 is 0.857 bits per heavy atom. The average Bonchev–Trinajstić information content (AvgIpc) is 3.14. The summed E-state index contributed by atoms with van der Waals surface area (Å²) in [7, 11) is 2.74. The number of para-hydroxylation sites is 1. The van der Waals surface area contributed by atoms with E-state index in [4.69, 9.17) is 14.2 Å². The van der Waals surface area contributed by atoms with E-state index in [1.807, 2.05) is 84.9 Å². The monoisotopic (exact) mass is 668 g/mol. The van der Waals surface area contributed by atoms with Crippen LogP contribution in [0, 0.1) is 5.82 Å². The van der Waals surface area contributed by atoms with Gasteiger partial charge in [-0.05, 0) is 53.3 Å². The molecule has 1 saturated heterocycles. The minimum atomic E-state index is -0.987. The van der Waals surface area contributed by atoms with Crippen molar-refractivity contribution in [2.24, 2.45) is 0 Å². The van der Waals surface area contributed by atoms with E-state index < -0.39 is 36.2 Å². The molecule has 11 heteroatoms. The molecule has 0 saturated carbocycles. The standard InChI is InChI=1S/C38H41FN4O6/c1-40-37(45)49-35(28-17-20-29(39)21-18-28)32-24-48-30(23-41-32)22-19-25-11-9-10-16-31(25)42-36(44)34(43-38(46)47-2)33(26-12-5-3-6-13-26)27-14-7-4-8-15-27/h3-18,20-21,30,32-35,41H,19,22-24H2,1-2H3,(H,40,45)(H,42,44)(H,43,46)/t30-,32+,34+,35?/m1/s1. The molecule has 4 aromatic carbocycles. The Kier molecular flexibility index (Phi) is 12.3. The van der Waals surface area contributed by atoms with Gasteiger partial charge in [0.2, 0.25) is 5.91 Å². The van der Waals surface area contributed by atoms with Crippen LogP contribution in [-0.4, -0.2) is 63.6 Å². The number of anilines is 1. The highest BCUT2D eigenvalue weighted by atomic mass is 19.1. The van der Waals surface area contributed by atoms with E-state index in [9.17, 15) is 18.8 Å². The summed E-state index contributed by atoms with van der Waals surface area (Å²) in [5.41, 5.74) is 3.90. The fourth-order valence-corrected chi connectivity index (χ4v) is 6.00. The van der Waals surface area contributed by atoms with Gasteiger partial charge in [0.05, 0.1) is 25.9 Å². The van der Waals surface area contributed by atoms with Crippen LogP contribution in [-0.2, 0) is 25.4 Å². The molecule has 0 spiro atoms. The Morgan fingerprint density at radius 2 is 1.49 bits per heavy atom. The van der Waals surface area contributed by atoms with E-state index >= 15 is 0 Å². The topological polar surface area (TPSA) is 127 Å². The minimum absolute atomic E-state index is 0.150. The molecule has 4 N–H and O–H groups in total. The van der Waals surface area contributed by atoms with Crippen LogP contribution in [0.1, 0.15) is 40.7 Å².